The number of fused-ring (bicyclic) bond motifs is 1. The molecule has 0 bridgehead atoms. The Morgan fingerprint density at radius 3 is 2.65 bits per heavy atom. The van der Waals surface area contributed by atoms with E-state index in [0.717, 1.165) is 0 Å². The summed E-state index contributed by atoms with van der Waals surface area (Å²) in [5.74, 6) is 0. The Bertz CT molecular complexity index is 705. The maximum Gasteiger partial charge on any atom is 0.333 e. The van der Waals surface area contributed by atoms with Gasteiger partial charge in [-0.1, -0.05) is 6.08 Å². The molecule has 0 saturated heterocycles. The Balaban J connectivity index is 3.05. The molecule has 0 aliphatic carbocycles. The fourth-order valence-corrected chi connectivity index (χ4v) is 1.83. The van der Waals surface area contributed by atoms with Crippen molar-refractivity contribution in [3.63, 3.8) is 0 Å². The first kappa shape index (κ1) is 11.4. The van der Waals surface area contributed by atoms with Gasteiger partial charge in [0.1, 0.15) is 0 Å². The standard InChI is InChI=1S/C11H14N4O2/c1-5-7(2)15-10(16)8-9(12-6-13(8)3)14(4)11(15)17/h5-7H,1H2,2-4H3/t7-/m0/s1. The molecule has 0 spiro atoms. The van der Waals surface area contributed by atoms with Crippen LogP contribution in [-0.2, 0) is 14.1 Å². The number of hydrogen-bond donors (Lipinski definition) is 0. The summed E-state index contributed by atoms with van der Waals surface area (Å²) in [5, 5.41) is 0. The first-order valence-corrected chi connectivity index (χ1v) is 5.24. The molecule has 1 atom stereocenters. The minimum atomic E-state index is -0.381. The van der Waals surface area contributed by atoms with Crippen LogP contribution in [0, 0.1) is 0 Å². The molecule has 2 heterocycles. The topological polar surface area (TPSA) is 61.8 Å². The van der Waals surface area contributed by atoms with E-state index in [1.807, 2.05) is 0 Å². The lowest BCUT2D eigenvalue weighted by Gasteiger charge is -2.11. The zero-order valence-electron chi connectivity index (χ0n) is 10.0. The van der Waals surface area contributed by atoms with Crippen LogP contribution in [0.15, 0.2) is 28.6 Å². The second-order valence-corrected chi connectivity index (χ2v) is 4.02. The van der Waals surface area contributed by atoms with Crippen molar-refractivity contribution in [3.8, 4) is 0 Å². The SMILES string of the molecule is C=C[C@H](C)n1c(=O)c2c(ncn2C)n(C)c1=O. The third kappa shape index (κ3) is 1.44. The van der Waals surface area contributed by atoms with Gasteiger partial charge in [-0.15, -0.1) is 6.58 Å². The first-order valence-electron chi connectivity index (χ1n) is 5.24. The van der Waals surface area contributed by atoms with Crippen molar-refractivity contribution in [2.45, 2.75) is 13.0 Å². The highest BCUT2D eigenvalue weighted by atomic mass is 16.2. The van der Waals surface area contributed by atoms with Gasteiger partial charge in [0.05, 0.1) is 12.4 Å². The molecule has 2 aromatic heterocycles. The van der Waals surface area contributed by atoms with E-state index in [9.17, 15) is 9.59 Å². The summed E-state index contributed by atoms with van der Waals surface area (Å²) in [6.45, 7) is 5.36. The van der Waals surface area contributed by atoms with Crippen molar-refractivity contribution in [1.82, 2.24) is 18.7 Å². The lowest BCUT2D eigenvalue weighted by molar-refractivity contribution is 0.573. The molecule has 0 radical (unpaired) electrons. The average Bonchev–Trinajstić information content (AvgIpc) is 2.68. The Morgan fingerprint density at radius 2 is 2.06 bits per heavy atom. The zero-order chi connectivity index (χ0) is 12.7. The second kappa shape index (κ2) is 3.73. The number of nitrogens with zero attached hydrogens (tertiary/aromatic N) is 4. The summed E-state index contributed by atoms with van der Waals surface area (Å²) >= 11 is 0. The molecule has 0 aliphatic heterocycles. The van der Waals surface area contributed by atoms with Gasteiger partial charge >= 0.3 is 5.69 Å². The highest BCUT2D eigenvalue weighted by Crippen LogP contribution is 2.06. The number of aryl methyl sites for hydroxylation is 2. The minimum absolute atomic E-state index is 0.337. The molecule has 17 heavy (non-hydrogen) atoms. The van der Waals surface area contributed by atoms with E-state index >= 15 is 0 Å². The molecule has 0 saturated carbocycles. The molecular formula is C11H14N4O2. The van der Waals surface area contributed by atoms with E-state index in [2.05, 4.69) is 11.6 Å². The molecule has 0 N–H and O–H groups in total. The van der Waals surface area contributed by atoms with Crippen molar-refractivity contribution >= 4 is 11.2 Å². The van der Waals surface area contributed by atoms with Gasteiger partial charge < -0.3 is 4.57 Å². The molecule has 2 rings (SSSR count). The summed E-state index contributed by atoms with van der Waals surface area (Å²) in [7, 11) is 3.33. The van der Waals surface area contributed by atoms with Gasteiger partial charge in [-0.2, -0.15) is 0 Å². The third-order valence-electron chi connectivity index (χ3n) is 2.90. The van der Waals surface area contributed by atoms with E-state index in [1.165, 1.54) is 15.5 Å². The summed E-state index contributed by atoms with van der Waals surface area (Å²) in [6.07, 6.45) is 3.08. The van der Waals surface area contributed by atoms with Crippen LogP contribution in [-0.4, -0.2) is 18.7 Å². The van der Waals surface area contributed by atoms with Crippen molar-refractivity contribution < 1.29 is 0 Å². The van der Waals surface area contributed by atoms with E-state index < -0.39 is 0 Å². The highest BCUT2D eigenvalue weighted by Gasteiger charge is 2.16. The zero-order valence-corrected chi connectivity index (χ0v) is 10.0. The van der Waals surface area contributed by atoms with Crippen LogP contribution in [0.5, 0.6) is 0 Å². The van der Waals surface area contributed by atoms with Crippen LogP contribution >= 0.6 is 0 Å². The smallest absolute Gasteiger partial charge is 0.328 e. The van der Waals surface area contributed by atoms with Crippen LogP contribution in [0.1, 0.15) is 13.0 Å². The van der Waals surface area contributed by atoms with Gasteiger partial charge in [0, 0.05) is 14.1 Å². The lowest BCUT2D eigenvalue weighted by Crippen LogP contribution is -2.40. The largest absolute Gasteiger partial charge is 0.333 e. The molecule has 90 valence electrons. The van der Waals surface area contributed by atoms with Gasteiger partial charge in [0.25, 0.3) is 5.56 Å². The molecule has 0 unspecified atom stereocenters. The van der Waals surface area contributed by atoms with E-state index in [-0.39, 0.29) is 17.3 Å². The number of rotatable bonds is 2. The molecule has 0 aliphatic rings. The molecule has 6 heteroatoms. The van der Waals surface area contributed by atoms with Crippen LogP contribution in [0.3, 0.4) is 0 Å². The Labute approximate surface area is 97.4 Å². The third-order valence-corrected chi connectivity index (χ3v) is 2.90. The fraction of sp³-hybridized carbons (Fsp3) is 0.364. The second-order valence-electron chi connectivity index (χ2n) is 4.02. The minimum Gasteiger partial charge on any atom is -0.328 e. The number of hydrogen-bond acceptors (Lipinski definition) is 3. The summed E-state index contributed by atoms with van der Waals surface area (Å²) < 4.78 is 4.16. The number of allylic oxidation sites excluding steroid dienone is 1. The first-order chi connectivity index (χ1) is 7.99. The summed E-state index contributed by atoms with van der Waals surface area (Å²) in [5.41, 5.74) is 0.0971. The molecule has 0 fully saturated rings. The Hall–Kier alpha value is -2.11. The van der Waals surface area contributed by atoms with Gasteiger partial charge in [-0.25, -0.2) is 9.78 Å². The highest BCUT2D eigenvalue weighted by molar-refractivity contribution is 5.69. The van der Waals surface area contributed by atoms with E-state index in [1.54, 1.807) is 31.7 Å². The maximum atomic E-state index is 12.2. The average molecular weight is 234 g/mol. The number of imidazole rings is 1. The van der Waals surface area contributed by atoms with Crippen LogP contribution < -0.4 is 11.2 Å². The summed E-state index contributed by atoms with van der Waals surface area (Å²) in [6, 6.07) is -0.347. The molecular weight excluding hydrogens is 220 g/mol. The number of aromatic nitrogens is 4. The van der Waals surface area contributed by atoms with Gasteiger partial charge in [0.15, 0.2) is 11.2 Å². The van der Waals surface area contributed by atoms with Gasteiger partial charge in [-0.05, 0) is 6.92 Å². The predicted octanol–water partition coefficient (Wildman–Crippen LogP) is 0.181. The van der Waals surface area contributed by atoms with Crippen LogP contribution in [0.4, 0.5) is 0 Å². The van der Waals surface area contributed by atoms with Crippen molar-refractivity contribution in [2.75, 3.05) is 0 Å². The van der Waals surface area contributed by atoms with Gasteiger partial charge in [0.2, 0.25) is 0 Å². The van der Waals surface area contributed by atoms with E-state index in [0.29, 0.717) is 11.2 Å². The maximum absolute atomic E-state index is 12.2. The Kier molecular flexibility index (Phi) is 2.49. The molecule has 6 nitrogen and oxygen atoms in total. The molecule has 2 aromatic rings. The lowest BCUT2D eigenvalue weighted by atomic mass is 10.3. The van der Waals surface area contributed by atoms with Crippen LogP contribution in [0.2, 0.25) is 0 Å². The van der Waals surface area contributed by atoms with Crippen molar-refractivity contribution in [3.05, 3.63) is 39.8 Å². The normalized spacial score (nSPS) is 12.9. The molecule has 0 aromatic carbocycles. The quantitative estimate of drug-likeness (QED) is 0.696. The van der Waals surface area contributed by atoms with Crippen molar-refractivity contribution in [2.24, 2.45) is 14.1 Å². The predicted molar refractivity (Wildman–Crippen MR) is 65.1 cm³/mol. The Morgan fingerprint density at radius 1 is 1.41 bits per heavy atom. The van der Waals surface area contributed by atoms with E-state index in [4.69, 9.17) is 0 Å². The molecule has 0 amide bonds. The van der Waals surface area contributed by atoms with Crippen molar-refractivity contribution in [1.29, 1.82) is 0 Å². The monoisotopic (exact) mass is 234 g/mol. The summed E-state index contributed by atoms with van der Waals surface area (Å²) in [4.78, 5) is 28.3. The van der Waals surface area contributed by atoms with Gasteiger partial charge in [-0.3, -0.25) is 13.9 Å². The fourth-order valence-electron chi connectivity index (χ4n) is 1.83. The van der Waals surface area contributed by atoms with Crippen LogP contribution in [0.25, 0.3) is 11.2 Å².